The van der Waals surface area contributed by atoms with E-state index in [1.807, 2.05) is 54.6 Å². The van der Waals surface area contributed by atoms with Crippen LogP contribution in [0.1, 0.15) is 22.3 Å². The number of rotatable bonds is 4. The van der Waals surface area contributed by atoms with Crippen LogP contribution in [0.25, 0.3) is 16.3 Å². The lowest BCUT2D eigenvalue weighted by Crippen LogP contribution is -2.32. The number of thiazole rings is 1. The molecule has 2 heterocycles. The lowest BCUT2D eigenvalue weighted by atomic mass is 10.1. The van der Waals surface area contributed by atoms with Crippen molar-refractivity contribution in [3.8, 4) is 5.75 Å². The van der Waals surface area contributed by atoms with Crippen LogP contribution in [0.15, 0.2) is 77.4 Å². The average Bonchev–Trinajstić information content (AvgIpc) is 3.35. The lowest BCUT2D eigenvalue weighted by molar-refractivity contribution is -0.113. The molecule has 1 aliphatic rings. The van der Waals surface area contributed by atoms with Crippen LogP contribution in [-0.4, -0.2) is 23.8 Å². The van der Waals surface area contributed by atoms with Crippen molar-refractivity contribution in [2.75, 3.05) is 12.0 Å². The van der Waals surface area contributed by atoms with E-state index in [1.54, 1.807) is 18.1 Å². The van der Waals surface area contributed by atoms with Crippen LogP contribution in [0.2, 0.25) is 0 Å². The molecule has 6 heteroatoms. The van der Waals surface area contributed by atoms with Crippen LogP contribution in [0.5, 0.6) is 5.75 Å². The Morgan fingerprint density at radius 2 is 1.69 bits per heavy atom. The second kappa shape index (κ2) is 8.05. The van der Waals surface area contributed by atoms with Gasteiger partial charge in [0.1, 0.15) is 17.3 Å². The number of anilines is 1. The number of aliphatic imine (C=N–C) groups is 1. The minimum Gasteiger partial charge on any atom is -0.496 e. The highest BCUT2D eigenvalue weighted by atomic mass is 32.1. The summed E-state index contributed by atoms with van der Waals surface area (Å²) < 4.78 is 6.49. The molecule has 0 saturated heterocycles. The molecule has 0 spiro atoms. The van der Waals surface area contributed by atoms with Gasteiger partial charge in [-0.25, -0.2) is 14.9 Å². The van der Waals surface area contributed by atoms with Crippen molar-refractivity contribution in [1.29, 1.82) is 0 Å². The predicted molar refractivity (Wildman–Crippen MR) is 131 cm³/mol. The molecule has 3 aromatic carbocycles. The molecule has 0 bridgehead atoms. The summed E-state index contributed by atoms with van der Waals surface area (Å²) >= 11 is 1.50. The van der Waals surface area contributed by atoms with Crippen LogP contribution < -0.4 is 9.64 Å². The molecule has 0 atom stereocenters. The summed E-state index contributed by atoms with van der Waals surface area (Å²) in [6.45, 7) is 4.15. The second-order valence-corrected chi connectivity index (χ2v) is 8.62. The number of aromatic nitrogens is 1. The van der Waals surface area contributed by atoms with Gasteiger partial charge < -0.3 is 4.74 Å². The Labute approximate surface area is 190 Å². The first-order chi connectivity index (χ1) is 15.5. The van der Waals surface area contributed by atoms with Gasteiger partial charge in [-0.3, -0.25) is 4.79 Å². The maximum absolute atomic E-state index is 13.6. The summed E-state index contributed by atoms with van der Waals surface area (Å²) in [5.74, 6) is 1.06. The highest BCUT2D eigenvalue weighted by Gasteiger charge is 2.34. The molecule has 0 aliphatic carbocycles. The molecule has 0 fully saturated rings. The number of carbonyl (C=O) groups is 1. The average molecular weight is 440 g/mol. The first-order valence-corrected chi connectivity index (χ1v) is 11.1. The third-order valence-corrected chi connectivity index (χ3v) is 6.51. The van der Waals surface area contributed by atoms with Gasteiger partial charge in [-0.05, 0) is 49.2 Å². The van der Waals surface area contributed by atoms with Gasteiger partial charge >= 0.3 is 0 Å². The van der Waals surface area contributed by atoms with E-state index >= 15 is 0 Å². The molecule has 1 aromatic heterocycles. The Balaban J connectivity index is 1.65. The molecule has 5 nitrogen and oxygen atoms in total. The SMILES string of the molecule is COc1ccccc1/C=C1\N=C(c2ccccc2)N(c2nc3cc(C)c(C)cc3s2)C1=O. The van der Waals surface area contributed by atoms with Gasteiger partial charge in [-0.15, -0.1) is 0 Å². The van der Waals surface area contributed by atoms with E-state index in [1.165, 1.54) is 22.5 Å². The van der Waals surface area contributed by atoms with Crippen molar-refractivity contribution >= 4 is 44.5 Å². The standard InChI is InChI=1S/C26H21N3O2S/c1-16-13-20-23(14-17(16)2)32-26(28-20)29-24(18-9-5-4-6-10-18)27-21(25(29)30)15-19-11-7-8-12-22(19)31-3/h4-15H,1-3H3/b21-15-. The lowest BCUT2D eigenvalue weighted by Gasteiger charge is -2.14. The van der Waals surface area contributed by atoms with E-state index in [0.29, 0.717) is 22.4 Å². The summed E-state index contributed by atoms with van der Waals surface area (Å²) in [7, 11) is 1.61. The van der Waals surface area contributed by atoms with Gasteiger partial charge in [0.15, 0.2) is 5.13 Å². The molecule has 0 N–H and O–H groups in total. The van der Waals surface area contributed by atoms with Crippen LogP contribution >= 0.6 is 11.3 Å². The van der Waals surface area contributed by atoms with Crippen molar-refractivity contribution in [2.45, 2.75) is 13.8 Å². The second-order valence-electron chi connectivity index (χ2n) is 7.61. The zero-order valence-corrected chi connectivity index (χ0v) is 18.8. The quantitative estimate of drug-likeness (QED) is 0.380. The molecule has 5 rings (SSSR count). The summed E-state index contributed by atoms with van der Waals surface area (Å²) in [5, 5.41) is 0.612. The fourth-order valence-electron chi connectivity index (χ4n) is 3.67. The number of methoxy groups -OCH3 is 1. The molecule has 0 saturated carbocycles. The number of hydrogen-bond acceptors (Lipinski definition) is 5. The molecular formula is C26H21N3O2S. The third kappa shape index (κ3) is 3.48. The normalized spacial score (nSPS) is 15.0. The fraction of sp³-hybridized carbons (Fsp3) is 0.115. The largest absolute Gasteiger partial charge is 0.496 e. The first kappa shape index (κ1) is 20.2. The molecule has 1 amide bonds. The number of benzene rings is 3. The molecule has 1 aliphatic heterocycles. The zero-order valence-electron chi connectivity index (χ0n) is 18.0. The van der Waals surface area contributed by atoms with Gasteiger partial charge in [0.05, 0.1) is 17.3 Å². The van der Waals surface area contributed by atoms with Crippen LogP contribution in [0, 0.1) is 13.8 Å². The number of carbonyl (C=O) groups excluding carboxylic acids is 1. The van der Waals surface area contributed by atoms with E-state index < -0.39 is 0 Å². The smallest absolute Gasteiger partial charge is 0.284 e. The van der Waals surface area contributed by atoms with Crippen molar-refractivity contribution in [3.63, 3.8) is 0 Å². The number of amides is 1. The van der Waals surface area contributed by atoms with Crippen molar-refractivity contribution in [3.05, 3.63) is 94.7 Å². The topological polar surface area (TPSA) is 54.8 Å². The minimum atomic E-state index is -0.206. The van der Waals surface area contributed by atoms with E-state index in [-0.39, 0.29) is 5.91 Å². The summed E-state index contributed by atoms with van der Waals surface area (Å²) in [6, 6.07) is 21.5. The molecule has 4 aromatic rings. The van der Waals surface area contributed by atoms with Crippen LogP contribution in [-0.2, 0) is 4.79 Å². The number of para-hydroxylation sites is 1. The van der Waals surface area contributed by atoms with Crippen LogP contribution in [0.4, 0.5) is 5.13 Å². The number of ether oxygens (including phenoxy) is 1. The third-order valence-electron chi connectivity index (χ3n) is 5.51. The van der Waals surface area contributed by atoms with E-state index in [2.05, 4.69) is 26.0 Å². The van der Waals surface area contributed by atoms with Crippen LogP contribution in [0.3, 0.4) is 0 Å². The molecule has 0 radical (unpaired) electrons. The molecule has 158 valence electrons. The Hall–Kier alpha value is -3.77. The van der Waals surface area contributed by atoms with E-state index in [9.17, 15) is 4.79 Å². The highest BCUT2D eigenvalue weighted by molar-refractivity contribution is 7.22. The van der Waals surface area contributed by atoms with Gasteiger partial charge in [0.25, 0.3) is 5.91 Å². The Morgan fingerprint density at radius 1 is 0.969 bits per heavy atom. The van der Waals surface area contributed by atoms with E-state index in [4.69, 9.17) is 14.7 Å². The fourth-order valence-corrected chi connectivity index (χ4v) is 4.72. The Kier molecular flexibility index (Phi) is 5.07. The maximum atomic E-state index is 13.6. The van der Waals surface area contributed by atoms with Gasteiger partial charge in [0.2, 0.25) is 0 Å². The van der Waals surface area contributed by atoms with Crippen molar-refractivity contribution in [1.82, 2.24) is 4.98 Å². The minimum absolute atomic E-state index is 0.206. The van der Waals surface area contributed by atoms with Crippen molar-refractivity contribution in [2.24, 2.45) is 4.99 Å². The Morgan fingerprint density at radius 3 is 2.47 bits per heavy atom. The summed E-state index contributed by atoms with van der Waals surface area (Å²) in [4.78, 5) is 24.7. The van der Waals surface area contributed by atoms with Gasteiger partial charge in [0, 0.05) is 11.1 Å². The van der Waals surface area contributed by atoms with Gasteiger partial charge in [-0.1, -0.05) is 59.9 Å². The number of fused-ring (bicyclic) bond motifs is 1. The zero-order chi connectivity index (χ0) is 22.2. The monoisotopic (exact) mass is 439 g/mol. The molecule has 0 unspecified atom stereocenters. The summed E-state index contributed by atoms with van der Waals surface area (Å²) in [5.41, 5.74) is 5.27. The predicted octanol–water partition coefficient (Wildman–Crippen LogP) is 5.76. The number of nitrogens with zero attached hydrogens (tertiary/aromatic N) is 3. The number of aryl methyl sites for hydroxylation is 2. The maximum Gasteiger partial charge on any atom is 0.284 e. The Bertz CT molecular complexity index is 1360. The number of amidine groups is 1. The number of hydrogen-bond donors (Lipinski definition) is 0. The molecular weight excluding hydrogens is 418 g/mol. The molecule has 32 heavy (non-hydrogen) atoms. The summed E-state index contributed by atoms with van der Waals surface area (Å²) in [6.07, 6.45) is 1.77. The van der Waals surface area contributed by atoms with E-state index in [0.717, 1.165) is 21.3 Å². The van der Waals surface area contributed by atoms with Crippen molar-refractivity contribution < 1.29 is 9.53 Å². The first-order valence-electron chi connectivity index (χ1n) is 10.3. The highest BCUT2D eigenvalue weighted by Crippen LogP contribution is 2.35. The van der Waals surface area contributed by atoms with Gasteiger partial charge in [-0.2, -0.15) is 0 Å².